The maximum absolute atomic E-state index is 16.3. The molecule has 0 spiro atoms. The highest BCUT2D eigenvalue weighted by atomic mass is 19.1. The molecule has 6 rings (SSSR count). The minimum absolute atomic E-state index is 0.0717. The number of hydrogen-bond donors (Lipinski definition) is 0. The molecule has 226 valence electrons. The first-order valence-electron chi connectivity index (χ1n) is 15.1. The standard InChI is InChI=1S/C30H36FN5O.C3H6.CH3F/c1-4-22-10-5-11-23(21(22)3)26-25(31)27-24(17-32-26)28(35-14-6-9-20(2)18-35)34-29(33-27)37-19-30-12-7-15-36(30)16-8-13-30;1-3-2;1-2/h4-5,10-11,17,20H,1,6-9,12-16,18-19H2,2-3H3;3H,1H2,2H3;1H3. The average molecular weight is 578 g/mol. The van der Waals surface area contributed by atoms with Crippen molar-refractivity contribution in [3.63, 3.8) is 0 Å². The fraction of sp³-hybridized carbons (Fsp3) is 0.500. The molecule has 3 fully saturated rings. The molecule has 5 heterocycles. The van der Waals surface area contributed by atoms with Crippen LogP contribution < -0.4 is 9.64 Å². The third kappa shape index (κ3) is 6.33. The monoisotopic (exact) mass is 577 g/mol. The lowest BCUT2D eigenvalue weighted by atomic mass is 9.95. The largest absolute Gasteiger partial charge is 0.461 e. The molecule has 0 bridgehead atoms. The maximum atomic E-state index is 16.3. The number of piperidine rings is 1. The molecular weight excluding hydrogens is 532 g/mol. The van der Waals surface area contributed by atoms with Crippen molar-refractivity contribution in [1.82, 2.24) is 19.9 Å². The number of alkyl halides is 1. The number of allylic oxidation sites excluding steroid dienone is 1. The highest BCUT2D eigenvalue weighted by Crippen LogP contribution is 2.40. The number of rotatable bonds is 6. The SMILES string of the molecule is C=CC.C=Cc1cccc(-c2ncc3c(N4CCCC(C)C4)nc(OCC45CCCN4CCC5)nc3c2F)c1C.CF. The van der Waals surface area contributed by atoms with Gasteiger partial charge in [-0.15, -0.1) is 6.58 Å². The smallest absolute Gasteiger partial charge is 0.319 e. The molecule has 1 atom stereocenters. The van der Waals surface area contributed by atoms with Gasteiger partial charge in [-0.05, 0) is 82.5 Å². The summed E-state index contributed by atoms with van der Waals surface area (Å²) in [6.45, 7) is 18.0. The molecule has 0 saturated carbocycles. The van der Waals surface area contributed by atoms with Crippen LogP contribution in [0.25, 0.3) is 28.2 Å². The first kappa shape index (κ1) is 31.5. The molecule has 2 aromatic heterocycles. The molecular formula is C34H45F2N5O. The zero-order chi connectivity index (χ0) is 30.3. The lowest BCUT2D eigenvalue weighted by Gasteiger charge is -2.33. The van der Waals surface area contributed by atoms with E-state index in [9.17, 15) is 4.39 Å². The number of anilines is 1. The van der Waals surface area contributed by atoms with E-state index in [0.717, 1.165) is 67.9 Å². The number of fused-ring (bicyclic) bond motifs is 2. The van der Waals surface area contributed by atoms with Crippen LogP contribution in [-0.2, 0) is 0 Å². The van der Waals surface area contributed by atoms with E-state index < -0.39 is 5.82 Å². The van der Waals surface area contributed by atoms with Crippen molar-refractivity contribution in [3.05, 3.63) is 60.6 Å². The Morgan fingerprint density at radius 1 is 1.10 bits per heavy atom. The van der Waals surface area contributed by atoms with Gasteiger partial charge in [-0.1, -0.05) is 43.9 Å². The van der Waals surface area contributed by atoms with Gasteiger partial charge in [0.1, 0.15) is 23.6 Å². The quantitative estimate of drug-likeness (QED) is 0.279. The van der Waals surface area contributed by atoms with Crippen molar-refractivity contribution < 1.29 is 13.5 Å². The summed E-state index contributed by atoms with van der Waals surface area (Å²) in [5.41, 5.74) is 3.30. The van der Waals surface area contributed by atoms with Crippen molar-refractivity contribution in [1.29, 1.82) is 0 Å². The molecule has 8 heteroatoms. The number of pyridine rings is 1. The molecule has 3 aliphatic rings. The van der Waals surface area contributed by atoms with Gasteiger partial charge in [-0.3, -0.25) is 14.3 Å². The van der Waals surface area contributed by atoms with Crippen molar-refractivity contribution >= 4 is 22.8 Å². The topological polar surface area (TPSA) is 54.4 Å². The van der Waals surface area contributed by atoms with E-state index in [-0.39, 0.29) is 17.1 Å². The third-order valence-corrected chi connectivity index (χ3v) is 8.73. The number of hydrogen-bond acceptors (Lipinski definition) is 6. The van der Waals surface area contributed by atoms with Crippen molar-refractivity contribution in [3.8, 4) is 17.3 Å². The van der Waals surface area contributed by atoms with Gasteiger partial charge < -0.3 is 9.64 Å². The van der Waals surface area contributed by atoms with Crippen molar-refractivity contribution in [2.75, 3.05) is 44.9 Å². The summed E-state index contributed by atoms with van der Waals surface area (Å²) in [6, 6.07) is 6.05. The highest BCUT2D eigenvalue weighted by Gasteiger charge is 2.45. The van der Waals surface area contributed by atoms with Crippen LogP contribution in [0.1, 0.15) is 63.5 Å². The summed E-state index contributed by atoms with van der Waals surface area (Å²) in [4.78, 5) is 19.0. The summed E-state index contributed by atoms with van der Waals surface area (Å²) in [6.07, 6.45) is 12.2. The third-order valence-electron chi connectivity index (χ3n) is 8.73. The average Bonchev–Trinajstić information content (AvgIpc) is 3.59. The first-order valence-corrected chi connectivity index (χ1v) is 15.1. The Balaban J connectivity index is 0.000000763. The van der Waals surface area contributed by atoms with E-state index in [2.05, 4.69) is 39.8 Å². The molecule has 42 heavy (non-hydrogen) atoms. The summed E-state index contributed by atoms with van der Waals surface area (Å²) in [7, 11) is 0.500. The van der Waals surface area contributed by atoms with Crippen LogP contribution in [0.5, 0.6) is 6.01 Å². The zero-order valence-electron chi connectivity index (χ0n) is 25.6. The van der Waals surface area contributed by atoms with E-state index in [1.165, 1.54) is 19.3 Å². The normalized spacial score (nSPS) is 19.3. The van der Waals surface area contributed by atoms with Gasteiger partial charge >= 0.3 is 6.01 Å². The minimum atomic E-state index is -0.429. The van der Waals surface area contributed by atoms with Crippen LogP contribution in [0.3, 0.4) is 0 Å². The van der Waals surface area contributed by atoms with Gasteiger partial charge in [-0.25, -0.2) is 4.39 Å². The van der Waals surface area contributed by atoms with Crippen LogP contribution in [-0.4, -0.2) is 65.4 Å². The second-order valence-corrected chi connectivity index (χ2v) is 11.5. The Labute approximate surface area is 249 Å². The fourth-order valence-corrected chi connectivity index (χ4v) is 6.69. The van der Waals surface area contributed by atoms with Crippen LogP contribution in [0.4, 0.5) is 14.6 Å². The number of nitrogens with zero attached hydrogens (tertiary/aromatic N) is 5. The predicted octanol–water partition coefficient (Wildman–Crippen LogP) is 7.80. The molecule has 3 aromatic rings. The summed E-state index contributed by atoms with van der Waals surface area (Å²) in [5.74, 6) is 0.851. The Morgan fingerprint density at radius 2 is 1.81 bits per heavy atom. The van der Waals surface area contributed by atoms with Crippen LogP contribution in [0.15, 0.2) is 43.6 Å². The molecule has 0 amide bonds. The molecule has 3 aliphatic heterocycles. The number of aromatic nitrogens is 3. The molecule has 0 radical (unpaired) electrons. The fourth-order valence-electron chi connectivity index (χ4n) is 6.69. The first-order chi connectivity index (χ1) is 20.4. The predicted molar refractivity (Wildman–Crippen MR) is 169 cm³/mol. The van der Waals surface area contributed by atoms with Crippen LogP contribution in [0.2, 0.25) is 0 Å². The van der Waals surface area contributed by atoms with E-state index in [0.29, 0.717) is 30.8 Å². The summed E-state index contributed by atoms with van der Waals surface area (Å²) >= 11 is 0. The van der Waals surface area contributed by atoms with Crippen LogP contribution in [0, 0.1) is 18.7 Å². The van der Waals surface area contributed by atoms with E-state index in [1.807, 2.05) is 32.0 Å². The maximum Gasteiger partial charge on any atom is 0.319 e. The van der Waals surface area contributed by atoms with E-state index in [4.69, 9.17) is 9.72 Å². The van der Waals surface area contributed by atoms with Crippen molar-refractivity contribution in [2.45, 2.75) is 64.8 Å². The Bertz CT molecular complexity index is 1380. The van der Waals surface area contributed by atoms with E-state index >= 15 is 4.39 Å². The highest BCUT2D eigenvalue weighted by molar-refractivity contribution is 5.92. The Morgan fingerprint density at radius 3 is 2.48 bits per heavy atom. The number of benzene rings is 1. The molecule has 0 N–H and O–H groups in total. The Hall–Kier alpha value is -3.39. The molecule has 1 aromatic carbocycles. The summed E-state index contributed by atoms with van der Waals surface area (Å²) in [5, 5.41) is 0.641. The second kappa shape index (κ2) is 14.2. The minimum Gasteiger partial charge on any atom is -0.461 e. The lowest BCUT2D eigenvalue weighted by Crippen LogP contribution is -2.43. The van der Waals surface area contributed by atoms with Crippen molar-refractivity contribution in [2.24, 2.45) is 5.92 Å². The number of ether oxygens (including phenoxy) is 1. The molecule has 1 unspecified atom stereocenters. The molecule has 3 saturated heterocycles. The second-order valence-electron chi connectivity index (χ2n) is 11.5. The van der Waals surface area contributed by atoms with Gasteiger partial charge in [0.15, 0.2) is 5.82 Å². The van der Waals surface area contributed by atoms with Gasteiger partial charge in [0.2, 0.25) is 0 Å². The molecule has 0 aliphatic carbocycles. The molecule has 6 nitrogen and oxygen atoms in total. The zero-order valence-corrected chi connectivity index (χ0v) is 25.6. The summed E-state index contributed by atoms with van der Waals surface area (Å²) < 4.78 is 32.1. The Kier molecular flexibility index (Phi) is 10.7. The number of halogens is 2. The lowest BCUT2D eigenvalue weighted by molar-refractivity contribution is 0.108. The van der Waals surface area contributed by atoms with Gasteiger partial charge in [0.25, 0.3) is 0 Å². The van der Waals surface area contributed by atoms with Crippen LogP contribution >= 0.6 is 0 Å². The van der Waals surface area contributed by atoms with E-state index in [1.54, 1.807) is 18.3 Å². The van der Waals surface area contributed by atoms with Gasteiger partial charge in [0, 0.05) is 24.8 Å². The van der Waals surface area contributed by atoms with Gasteiger partial charge in [0.05, 0.1) is 18.1 Å². The van der Waals surface area contributed by atoms with Gasteiger partial charge in [-0.2, -0.15) is 9.97 Å².